The van der Waals surface area contributed by atoms with E-state index in [4.69, 9.17) is 0 Å². The average Bonchev–Trinajstić information content (AvgIpc) is 2.98. The number of imidazole rings is 1. The van der Waals surface area contributed by atoms with Gasteiger partial charge in [0.2, 0.25) is 0 Å². The van der Waals surface area contributed by atoms with Gasteiger partial charge in [-0.3, -0.25) is 0 Å². The third kappa shape index (κ3) is 2.19. The van der Waals surface area contributed by atoms with Gasteiger partial charge in [-0.25, -0.2) is 9.67 Å². The number of phenols is 1. The quantitative estimate of drug-likeness (QED) is 0.754. The Morgan fingerprint density at radius 1 is 1.26 bits per heavy atom. The first-order chi connectivity index (χ1) is 9.28. The van der Waals surface area contributed by atoms with Gasteiger partial charge in [0, 0.05) is 12.1 Å². The number of phenolic OH excluding ortho intramolecular Hbond substituents is 1. The Morgan fingerprint density at radius 2 is 2.05 bits per heavy atom. The van der Waals surface area contributed by atoms with E-state index in [0.29, 0.717) is 0 Å². The highest BCUT2D eigenvalue weighted by Crippen LogP contribution is 2.22. The maximum Gasteiger partial charge on any atom is 0.176 e. The minimum Gasteiger partial charge on any atom is -0.508 e. The SMILES string of the molecule is CCCCn1ncc2[nH]c(-c3ccc(O)cc3)nc21. The van der Waals surface area contributed by atoms with Gasteiger partial charge in [-0.1, -0.05) is 13.3 Å². The fourth-order valence-electron chi connectivity index (χ4n) is 2.07. The Hall–Kier alpha value is -2.30. The number of aromatic hydroxyl groups is 1. The third-order valence-corrected chi connectivity index (χ3v) is 3.15. The first-order valence-corrected chi connectivity index (χ1v) is 6.49. The summed E-state index contributed by atoms with van der Waals surface area (Å²) in [5.74, 6) is 1.06. The summed E-state index contributed by atoms with van der Waals surface area (Å²) in [4.78, 5) is 7.84. The van der Waals surface area contributed by atoms with Crippen molar-refractivity contribution in [3.63, 3.8) is 0 Å². The first-order valence-electron chi connectivity index (χ1n) is 6.49. The molecule has 0 fully saturated rings. The summed E-state index contributed by atoms with van der Waals surface area (Å²) in [6.07, 6.45) is 4.04. The molecule has 0 atom stereocenters. The minimum atomic E-state index is 0.258. The third-order valence-electron chi connectivity index (χ3n) is 3.15. The molecule has 3 rings (SSSR count). The van der Waals surface area contributed by atoms with Crippen molar-refractivity contribution in [2.24, 2.45) is 0 Å². The zero-order valence-corrected chi connectivity index (χ0v) is 10.8. The van der Waals surface area contributed by atoms with Gasteiger partial charge in [0.25, 0.3) is 0 Å². The van der Waals surface area contributed by atoms with Crippen molar-refractivity contribution in [1.29, 1.82) is 0 Å². The number of rotatable bonds is 4. The number of aryl methyl sites for hydroxylation is 1. The van der Waals surface area contributed by atoms with E-state index in [1.165, 1.54) is 0 Å². The maximum atomic E-state index is 9.30. The number of aromatic nitrogens is 4. The first kappa shape index (κ1) is 11.8. The number of hydrogen-bond donors (Lipinski definition) is 2. The molecule has 2 aromatic heterocycles. The standard InChI is InChI=1S/C14H16N4O/c1-2-3-8-18-14-12(9-15-18)16-13(17-14)10-4-6-11(19)7-5-10/h4-7,9,19H,2-3,8H2,1H3,(H,16,17). The topological polar surface area (TPSA) is 66.7 Å². The molecule has 19 heavy (non-hydrogen) atoms. The lowest BCUT2D eigenvalue weighted by Crippen LogP contribution is -1.99. The summed E-state index contributed by atoms with van der Waals surface area (Å²) in [6.45, 7) is 3.05. The van der Waals surface area contributed by atoms with E-state index in [-0.39, 0.29) is 5.75 Å². The zero-order valence-electron chi connectivity index (χ0n) is 10.8. The maximum absolute atomic E-state index is 9.30. The Kier molecular flexibility index (Phi) is 2.95. The largest absolute Gasteiger partial charge is 0.508 e. The van der Waals surface area contributed by atoms with E-state index in [2.05, 4.69) is 22.0 Å². The highest BCUT2D eigenvalue weighted by Gasteiger charge is 2.10. The summed E-state index contributed by atoms with van der Waals surface area (Å²) in [5, 5.41) is 13.6. The molecule has 0 amide bonds. The van der Waals surface area contributed by atoms with E-state index in [1.807, 2.05) is 23.0 Å². The lowest BCUT2D eigenvalue weighted by Gasteiger charge is -1.99. The van der Waals surface area contributed by atoms with Gasteiger partial charge in [0.05, 0.1) is 6.20 Å². The molecule has 98 valence electrons. The Morgan fingerprint density at radius 3 is 2.79 bits per heavy atom. The number of aromatic amines is 1. The van der Waals surface area contributed by atoms with Gasteiger partial charge < -0.3 is 10.1 Å². The van der Waals surface area contributed by atoms with Gasteiger partial charge in [0.1, 0.15) is 17.1 Å². The Bertz CT molecular complexity index is 681. The monoisotopic (exact) mass is 256 g/mol. The lowest BCUT2D eigenvalue weighted by atomic mass is 10.2. The molecule has 1 aromatic carbocycles. The number of nitrogens with one attached hydrogen (secondary N) is 1. The Balaban J connectivity index is 1.97. The average molecular weight is 256 g/mol. The van der Waals surface area contributed by atoms with Gasteiger partial charge in [-0.2, -0.15) is 5.10 Å². The summed E-state index contributed by atoms with van der Waals surface area (Å²) < 4.78 is 1.93. The molecule has 0 unspecified atom stereocenters. The lowest BCUT2D eigenvalue weighted by molar-refractivity contribution is 0.475. The smallest absolute Gasteiger partial charge is 0.176 e. The molecule has 5 heteroatoms. The second-order valence-corrected chi connectivity index (χ2v) is 4.59. The second-order valence-electron chi connectivity index (χ2n) is 4.59. The van der Waals surface area contributed by atoms with Gasteiger partial charge in [-0.15, -0.1) is 0 Å². The summed E-state index contributed by atoms with van der Waals surface area (Å²) >= 11 is 0. The highest BCUT2D eigenvalue weighted by atomic mass is 16.3. The number of unbranched alkanes of at least 4 members (excludes halogenated alkanes) is 1. The van der Waals surface area contributed by atoms with Crippen LogP contribution in [0.3, 0.4) is 0 Å². The number of H-pyrrole nitrogens is 1. The molecular formula is C14H16N4O. The number of nitrogens with zero attached hydrogens (tertiary/aromatic N) is 3. The molecule has 0 saturated heterocycles. The van der Waals surface area contributed by atoms with Crippen molar-refractivity contribution < 1.29 is 5.11 Å². The van der Waals surface area contributed by atoms with Crippen LogP contribution in [-0.4, -0.2) is 24.9 Å². The summed E-state index contributed by atoms with van der Waals surface area (Å²) in [7, 11) is 0. The second kappa shape index (κ2) is 4.76. The molecule has 2 N–H and O–H groups in total. The highest BCUT2D eigenvalue weighted by molar-refractivity contribution is 5.75. The van der Waals surface area contributed by atoms with Crippen LogP contribution in [0, 0.1) is 0 Å². The van der Waals surface area contributed by atoms with Crippen molar-refractivity contribution >= 4 is 11.2 Å². The molecule has 0 bridgehead atoms. The number of benzene rings is 1. The van der Waals surface area contributed by atoms with E-state index in [9.17, 15) is 5.11 Å². The fraction of sp³-hybridized carbons (Fsp3) is 0.286. The minimum absolute atomic E-state index is 0.258. The van der Waals surface area contributed by atoms with Crippen molar-refractivity contribution in [1.82, 2.24) is 19.7 Å². The molecule has 0 aliphatic carbocycles. The van der Waals surface area contributed by atoms with E-state index in [1.54, 1.807) is 12.1 Å². The fourth-order valence-corrected chi connectivity index (χ4v) is 2.07. The van der Waals surface area contributed by atoms with Crippen molar-refractivity contribution in [2.45, 2.75) is 26.3 Å². The predicted molar refractivity (Wildman–Crippen MR) is 73.9 cm³/mol. The molecule has 0 aliphatic rings. The van der Waals surface area contributed by atoms with Crippen molar-refractivity contribution in [3.05, 3.63) is 30.5 Å². The number of fused-ring (bicyclic) bond motifs is 1. The molecular weight excluding hydrogens is 240 g/mol. The zero-order chi connectivity index (χ0) is 13.2. The normalized spacial score (nSPS) is 11.2. The van der Waals surface area contributed by atoms with Crippen LogP contribution in [0.25, 0.3) is 22.6 Å². The predicted octanol–water partition coefficient (Wildman–Crippen LogP) is 2.93. The van der Waals surface area contributed by atoms with Gasteiger partial charge in [-0.05, 0) is 30.7 Å². The van der Waals surface area contributed by atoms with E-state index in [0.717, 1.165) is 41.9 Å². The molecule has 3 aromatic rings. The van der Waals surface area contributed by atoms with Crippen LogP contribution < -0.4 is 0 Å². The van der Waals surface area contributed by atoms with Gasteiger partial charge >= 0.3 is 0 Å². The van der Waals surface area contributed by atoms with Crippen LogP contribution in [-0.2, 0) is 6.54 Å². The number of hydrogen-bond acceptors (Lipinski definition) is 3. The molecule has 0 saturated carbocycles. The summed E-state index contributed by atoms with van der Waals surface area (Å²) in [5.41, 5.74) is 2.78. The van der Waals surface area contributed by atoms with E-state index < -0.39 is 0 Å². The van der Waals surface area contributed by atoms with Crippen LogP contribution in [0.4, 0.5) is 0 Å². The molecule has 0 spiro atoms. The van der Waals surface area contributed by atoms with Crippen LogP contribution in [0.2, 0.25) is 0 Å². The molecule has 2 heterocycles. The van der Waals surface area contributed by atoms with Crippen LogP contribution in [0.1, 0.15) is 19.8 Å². The van der Waals surface area contributed by atoms with Crippen LogP contribution >= 0.6 is 0 Å². The van der Waals surface area contributed by atoms with Crippen molar-refractivity contribution in [3.8, 4) is 17.1 Å². The molecule has 0 radical (unpaired) electrons. The summed E-state index contributed by atoms with van der Waals surface area (Å²) in [6, 6.07) is 7.01. The van der Waals surface area contributed by atoms with Crippen molar-refractivity contribution in [2.75, 3.05) is 0 Å². The molecule has 5 nitrogen and oxygen atoms in total. The van der Waals surface area contributed by atoms with E-state index >= 15 is 0 Å². The molecule has 0 aliphatic heterocycles. The Labute approximate surface area is 110 Å². The van der Waals surface area contributed by atoms with Crippen LogP contribution in [0.15, 0.2) is 30.5 Å². The van der Waals surface area contributed by atoms with Crippen LogP contribution in [0.5, 0.6) is 5.75 Å². The van der Waals surface area contributed by atoms with Gasteiger partial charge in [0.15, 0.2) is 5.65 Å².